The van der Waals surface area contributed by atoms with Gasteiger partial charge in [-0.15, -0.1) is 11.3 Å². The summed E-state index contributed by atoms with van der Waals surface area (Å²) < 4.78 is 0.992. The summed E-state index contributed by atoms with van der Waals surface area (Å²) in [5, 5.41) is 11.0. The predicted molar refractivity (Wildman–Crippen MR) is 84.6 cm³/mol. The van der Waals surface area contributed by atoms with E-state index in [0.717, 1.165) is 21.3 Å². The number of para-hydroxylation sites is 1. The van der Waals surface area contributed by atoms with Gasteiger partial charge in [-0.25, -0.2) is 9.97 Å². The van der Waals surface area contributed by atoms with Crippen molar-refractivity contribution in [1.29, 1.82) is 0 Å². The number of fused-ring (bicyclic) bond motifs is 3. The van der Waals surface area contributed by atoms with E-state index in [-0.39, 0.29) is 5.88 Å². The minimum absolute atomic E-state index is 0.0677. The minimum Gasteiger partial charge on any atom is -0.494 e. The maximum Gasteiger partial charge on any atom is 0.199 e. The van der Waals surface area contributed by atoms with Crippen LogP contribution in [0.5, 0.6) is 5.88 Å². The number of hydrogen-bond acceptors (Lipinski definition) is 5. The summed E-state index contributed by atoms with van der Waals surface area (Å²) in [7, 11) is 0. The Labute approximate surface area is 123 Å². The van der Waals surface area contributed by atoms with E-state index >= 15 is 0 Å². The Bertz CT molecular complexity index is 956. The molecule has 3 heterocycles. The molecular weight excluding hydrogens is 284 g/mol. The fourth-order valence-corrected chi connectivity index (χ4v) is 3.08. The summed E-state index contributed by atoms with van der Waals surface area (Å²) >= 11 is 1.52. The van der Waals surface area contributed by atoms with E-state index in [2.05, 4.69) is 19.9 Å². The third-order valence-corrected chi connectivity index (χ3v) is 4.09. The number of aromatic amines is 1. The van der Waals surface area contributed by atoms with Crippen LogP contribution in [0.2, 0.25) is 0 Å². The molecule has 0 unspecified atom stereocenters. The SMILES string of the molecule is Oc1[nH]c2ncc3ncsc3c2c1C=Nc1ccccc1. The number of H-pyrrole nitrogens is 1. The lowest BCUT2D eigenvalue weighted by Gasteiger charge is -1.95. The van der Waals surface area contributed by atoms with E-state index in [1.54, 1.807) is 17.9 Å². The van der Waals surface area contributed by atoms with Gasteiger partial charge in [0.15, 0.2) is 5.88 Å². The molecule has 102 valence electrons. The highest BCUT2D eigenvalue weighted by Gasteiger charge is 2.14. The Balaban J connectivity index is 1.93. The van der Waals surface area contributed by atoms with Crippen molar-refractivity contribution in [2.45, 2.75) is 0 Å². The van der Waals surface area contributed by atoms with Crippen LogP contribution in [0.3, 0.4) is 0 Å². The zero-order valence-electron chi connectivity index (χ0n) is 10.8. The van der Waals surface area contributed by atoms with Crippen LogP contribution in [-0.4, -0.2) is 26.3 Å². The molecule has 1 aromatic carbocycles. The summed E-state index contributed by atoms with van der Waals surface area (Å²) in [5.41, 5.74) is 4.69. The Hall–Kier alpha value is -2.73. The van der Waals surface area contributed by atoms with Crippen LogP contribution in [0.25, 0.3) is 21.3 Å². The standard InChI is InChI=1S/C15H10N4OS/c20-15-10(6-16-9-4-2-1-3-5-9)12-13-11(18-8-21-13)7-17-14(12)19-15/h1-8,20H,(H,17,19). The number of hydrogen-bond donors (Lipinski definition) is 2. The molecular formula is C15H10N4OS. The van der Waals surface area contributed by atoms with E-state index in [1.807, 2.05) is 30.3 Å². The molecule has 0 aliphatic heterocycles. The minimum atomic E-state index is 0.0677. The largest absolute Gasteiger partial charge is 0.494 e. The third-order valence-electron chi connectivity index (χ3n) is 3.23. The lowest BCUT2D eigenvalue weighted by molar-refractivity contribution is 0.457. The summed E-state index contributed by atoms with van der Waals surface area (Å²) in [4.78, 5) is 15.8. The molecule has 4 aromatic rings. The van der Waals surface area contributed by atoms with Crippen molar-refractivity contribution < 1.29 is 5.11 Å². The number of nitrogens with zero attached hydrogens (tertiary/aromatic N) is 3. The Kier molecular flexibility index (Phi) is 2.68. The van der Waals surface area contributed by atoms with Gasteiger partial charge in [-0.3, -0.25) is 4.99 Å². The van der Waals surface area contributed by atoms with Crippen LogP contribution in [0, 0.1) is 0 Å². The first-order valence-electron chi connectivity index (χ1n) is 6.35. The average Bonchev–Trinajstić information content (AvgIpc) is 3.09. The van der Waals surface area contributed by atoms with Gasteiger partial charge >= 0.3 is 0 Å². The molecule has 0 aliphatic carbocycles. The van der Waals surface area contributed by atoms with Crippen LogP contribution < -0.4 is 0 Å². The summed E-state index contributed by atoms with van der Waals surface area (Å²) in [6.45, 7) is 0. The molecule has 3 aromatic heterocycles. The van der Waals surface area contributed by atoms with Crippen molar-refractivity contribution >= 4 is 44.5 Å². The highest BCUT2D eigenvalue weighted by atomic mass is 32.1. The maximum absolute atomic E-state index is 10.1. The van der Waals surface area contributed by atoms with Crippen LogP contribution >= 0.6 is 11.3 Å². The van der Waals surface area contributed by atoms with Gasteiger partial charge in [0.2, 0.25) is 0 Å². The van der Waals surface area contributed by atoms with Crippen LogP contribution in [-0.2, 0) is 0 Å². The van der Waals surface area contributed by atoms with Gasteiger partial charge in [0.1, 0.15) is 11.2 Å². The van der Waals surface area contributed by atoms with E-state index in [4.69, 9.17) is 0 Å². The summed E-state index contributed by atoms with van der Waals surface area (Å²) in [6.07, 6.45) is 3.35. The van der Waals surface area contributed by atoms with Gasteiger partial charge in [-0.1, -0.05) is 18.2 Å². The molecule has 0 saturated heterocycles. The fourth-order valence-electron chi connectivity index (χ4n) is 2.25. The monoisotopic (exact) mass is 294 g/mol. The molecule has 0 spiro atoms. The number of aromatic nitrogens is 3. The Morgan fingerprint density at radius 3 is 2.90 bits per heavy atom. The lowest BCUT2D eigenvalue weighted by atomic mass is 10.2. The van der Waals surface area contributed by atoms with Crippen LogP contribution in [0.1, 0.15) is 5.56 Å². The average molecular weight is 294 g/mol. The highest BCUT2D eigenvalue weighted by Crippen LogP contribution is 2.33. The quantitative estimate of drug-likeness (QED) is 0.554. The highest BCUT2D eigenvalue weighted by molar-refractivity contribution is 7.17. The molecule has 0 saturated carbocycles. The Morgan fingerprint density at radius 1 is 1.19 bits per heavy atom. The van der Waals surface area contributed by atoms with E-state index in [0.29, 0.717) is 11.2 Å². The molecule has 0 fully saturated rings. The molecule has 5 nitrogen and oxygen atoms in total. The van der Waals surface area contributed by atoms with E-state index in [1.165, 1.54) is 11.3 Å². The number of benzene rings is 1. The van der Waals surface area contributed by atoms with Crippen molar-refractivity contribution in [2.24, 2.45) is 4.99 Å². The van der Waals surface area contributed by atoms with Gasteiger partial charge in [0.05, 0.1) is 33.0 Å². The van der Waals surface area contributed by atoms with Gasteiger partial charge in [0.25, 0.3) is 0 Å². The number of thiazole rings is 1. The molecule has 0 radical (unpaired) electrons. The van der Waals surface area contributed by atoms with Crippen molar-refractivity contribution in [3.8, 4) is 5.88 Å². The van der Waals surface area contributed by atoms with Crippen LogP contribution in [0.15, 0.2) is 47.0 Å². The number of aliphatic imine (C=N–C) groups is 1. The van der Waals surface area contributed by atoms with E-state index in [9.17, 15) is 5.11 Å². The normalized spacial score (nSPS) is 11.8. The third kappa shape index (κ3) is 1.96. The van der Waals surface area contributed by atoms with Crippen molar-refractivity contribution in [3.63, 3.8) is 0 Å². The van der Waals surface area contributed by atoms with Gasteiger partial charge in [-0.05, 0) is 12.1 Å². The maximum atomic E-state index is 10.1. The molecule has 21 heavy (non-hydrogen) atoms. The second-order valence-corrected chi connectivity index (χ2v) is 5.38. The number of aromatic hydroxyl groups is 1. The van der Waals surface area contributed by atoms with Gasteiger partial charge in [0, 0.05) is 6.21 Å². The number of pyridine rings is 1. The van der Waals surface area contributed by atoms with Crippen molar-refractivity contribution in [2.75, 3.05) is 0 Å². The topological polar surface area (TPSA) is 74.2 Å². The lowest BCUT2D eigenvalue weighted by Crippen LogP contribution is -1.81. The Morgan fingerprint density at radius 2 is 2.05 bits per heavy atom. The second kappa shape index (κ2) is 4.68. The van der Waals surface area contributed by atoms with Gasteiger partial charge < -0.3 is 10.1 Å². The molecule has 0 bridgehead atoms. The molecule has 0 amide bonds. The first kappa shape index (κ1) is 12.0. The van der Waals surface area contributed by atoms with Crippen molar-refractivity contribution in [3.05, 3.63) is 47.6 Å². The summed E-state index contributed by atoms with van der Waals surface area (Å²) in [5.74, 6) is 0.0677. The molecule has 0 aliphatic rings. The number of nitrogens with one attached hydrogen (secondary N) is 1. The zero-order chi connectivity index (χ0) is 14.2. The second-order valence-electron chi connectivity index (χ2n) is 4.53. The predicted octanol–water partition coefficient (Wildman–Crippen LogP) is 3.63. The molecule has 6 heteroatoms. The number of rotatable bonds is 2. The zero-order valence-corrected chi connectivity index (χ0v) is 11.6. The first-order chi connectivity index (χ1) is 10.3. The smallest absolute Gasteiger partial charge is 0.199 e. The first-order valence-corrected chi connectivity index (χ1v) is 7.23. The molecule has 2 N–H and O–H groups in total. The van der Waals surface area contributed by atoms with Crippen molar-refractivity contribution in [1.82, 2.24) is 15.0 Å². The van der Waals surface area contributed by atoms with Gasteiger partial charge in [-0.2, -0.15) is 0 Å². The fraction of sp³-hybridized carbons (Fsp3) is 0. The van der Waals surface area contributed by atoms with E-state index < -0.39 is 0 Å². The molecule has 0 atom stereocenters. The summed E-state index contributed by atoms with van der Waals surface area (Å²) in [6, 6.07) is 9.59. The molecule has 4 rings (SSSR count). The van der Waals surface area contributed by atoms with Crippen LogP contribution in [0.4, 0.5) is 5.69 Å².